The summed E-state index contributed by atoms with van der Waals surface area (Å²) in [4.78, 5) is 10.5. The molecular weight excluding hydrogens is 221 g/mol. The summed E-state index contributed by atoms with van der Waals surface area (Å²) in [6.45, 7) is 0. The molecule has 0 atom stereocenters. The van der Waals surface area contributed by atoms with Gasteiger partial charge < -0.3 is 0 Å². The number of carbonyl (C=O) groups is 1. The van der Waals surface area contributed by atoms with Crippen LogP contribution in [0.1, 0.15) is 4.79 Å². The highest BCUT2D eigenvalue weighted by Crippen LogP contribution is 2.17. The van der Waals surface area contributed by atoms with Crippen molar-refractivity contribution in [1.82, 2.24) is 4.57 Å². The van der Waals surface area contributed by atoms with Crippen LogP contribution in [0, 0.1) is 0 Å². The van der Waals surface area contributed by atoms with Gasteiger partial charge in [0, 0.05) is 11.6 Å². The minimum atomic E-state index is -1.02. The largest absolute Gasteiger partial charge is 0.285 e. The molecule has 4 heteroatoms. The zero-order chi connectivity index (χ0) is 10.1. The summed E-state index contributed by atoms with van der Waals surface area (Å²) in [5, 5.41) is 0.995. The monoisotopic (exact) mass is 227 g/mol. The van der Waals surface area contributed by atoms with Gasteiger partial charge >= 0.3 is 0 Å². The lowest BCUT2D eigenvalue weighted by molar-refractivity contribution is 0.0934. The van der Waals surface area contributed by atoms with E-state index in [0.717, 1.165) is 10.9 Å². The molecule has 2 rings (SSSR count). The van der Waals surface area contributed by atoms with Crippen LogP contribution >= 0.6 is 23.2 Å². The number of fused-ring (bicyclic) bond motifs is 1. The van der Waals surface area contributed by atoms with Crippen molar-refractivity contribution in [2.75, 3.05) is 0 Å². The molecule has 14 heavy (non-hydrogen) atoms. The lowest BCUT2D eigenvalue weighted by atomic mass is 10.2. The number of rotatable bonds is 1. The van der Waals surface area contributed by atoms with E-state index in [1.807, 2.05) is 30.3 Å². The molecule has 0 saturated carbocycles. The van der Waals surface area contributed by atoms with Crippen LogP contribution in [0.15, 0.2) is 36.5 Å². The number of hydrogen-bond acceptors (Lipinski definition) is 1. The van der Waals surface area contributed by atoms with Gasteiger partial charge in [0.1, 0.15) is 0 Å². The van der Waals surface area contributed by atoms with Crippen molar-refractivity contribution in [3.05, 3.63) is 36.5 Å². The van der Waals surface area contributed by atoms with E-state index in [1.54, 1.807) is 6.20 Å². The first kappa shape index (κ1) is 9.56. The fraction of sp³-hybridized carbons (Fsp3) is 0.100. The Morgan fingerprint density at radius 3 is 2.64 bits per heavy atom. The topological polar surface area (TPSA) is 22.0 Å². The average molecular weight is 228 g/mol. The van der Waals surface area contributed by atoms with Gasteiger partial charge in [-0.25, -0.2) is 0 Å². The standard InChI is InChI=1S/C10H7Cl2NO/c11-9(12)10(14)13-6-5-7-3-1-2-4-8(7)13/h1-6,9H. The van der Waals surface area contributed by atoms with Crippen LogP contribution in [0.5, 0.6) is 0 Å². The third kappa shape index (κ3) is 1.51. The molecule has 0 bridgehead atoms. The van der Waals surface area contributed by atoms with Crippen molar-refractivity contribution < 1.29 is 4.79 Å². The summed E-state index contributed by atoms with van der Waals surface area (Å²) in [5.74, 6) is -0.325. The Hall–Kier alpha value is -0.990. The molecule has 0 radical (unpaired) electrons. The van der Waals surface area contributed by atoms with Gasteiger partial charge in [-0.05, 0) is 12.1 Å². The van der Waals surface area contributed by atoms with Crippen LogP contribution in [0.25, 0.3) is 10.9 Å². The maximum atomic E-state index is 11.5. The molecule has 1 aromatic heterocycles. The van der Waals surface area contributed by atoms with E-state index in [1.165, 1.54) is 4.57 Å². The number of nitrogens with zero attached hydrogens (tertiary/aromatic N) is 1. The molecule has 0 fully saturated rings. The molecule has 0 spiro atoms. The predicted molar refractivity (Wildman–Crippen MR) is 58.1 cm³/mol. The van der Waals surface area contributed by atoms with E-state index in [0.29, 0.717) is 0 Å². The average Bonchev–Trinajstić information content (AvgIpc) is 2.60. The highest BCUT2D eigenvalue weighted by atomic mass is 35.5. The maximum Gasteiger partial charge on any atom is 0.264 e. The SMILES string of the molecule is O=C(C(Cl)Cl)n1ccc2ccccc21. The Morgan fingerprint density at radius 1 is 1.21 bits per heavy atom. The second kappa shape index (κ2) is 3.64. The second-order valence-electron chi connectivity index (χ2n) is 2.88. The summed E-state index contributed by atoms with van der Waals surface area (Å²) >= 11 is 11.0. The first-order chi connectivity index (χ1) is 6.70. The molecule has 2 aromatic rings. The molecular formula is C10H7Cl2NO. The predicted octanol–water partition coefficient (Wildman–Crippen LogP) is 3.09. The summed E-state index contributed by atoms with van der Waals surface area (Å²) in [7, 11) is 0. The van der Waals surface area contributed by atoms with Crippen molar-refractivity contribution in [3.63, 3.8) is 0 Å². The number of halogens is 2. The maximum absolute atomic E-state index is 11.5. The van der Waals surface area contributed by atoms with Crippen LogP contribution in [0.4, 0.5) is 0 Å². The molecule has 0 aliphatic rings. The Balaban J connectivity index is 2.58. The smallest absolute Gasteiger partial charge is 0.264 e. The number of para-hydroxylation sites is 1. The van der Waals surface area contributed by atoms with Crippen molar-refractivity contribution in [2.24, 2.45) is 0 Å². The number of aromatic nitrogens is 1. The molecule has 0 saturated heterocycles. The van der Waals surface area contributed by atoms with Gasteiger partial charge in [0.25, 0.3) is 5.91 Å². The fourth-order valence-corrected chi connectivity index (χ4v) is 1.59. The molecule has 0 N–H and O–H groups in total. The van der Waals surface area contributed by atoms with Crippen LogP contribution in [-0.2, 0) is 0 Å². The van der Waals surface area contributed by atoms with Crippen molar-refractivity contribution in [1.29, 1.82) is 0 Å². The molecule has 1 aromatic carbocycles. The van der Waals surface area contributed by atoms with E-state index < -0.39 is 4.84 Å². The van der Waals surface area contributed by atoms with Crippen LogP contribution < -0.4 is 0 Å². The summed E-state index contributed by atoms with van der Waals surface area (Å²) < 4.78 is 1.46. The van der Waals surface area contributed by atoms with E-state index in [9.17, 15) is 4.79 Å². The molecule has 1 heterocycles. The van der Waals surface area contributed by atoms with Crippen LogP contribution in [-0.4, -0.2) is 15.3 Å². The molecule has 0 aliphatic heterocycles. The minimum absolute atomic E-state index is 0.325. The first-order valence-electron chi connectivity index (χ1n) is 4.08. The Kier molecular flexibility index (Phi) is 2.48. The van der Waals surface area contributed by atoms with Crippen molar-refractivity contribution >= 4 is 40.0 Å². The van der Waals surface area contributed by atoms with E-state index in [-0.39, 0.29) is 5.91 Å². The van der Waals surface area contributed by atoms with Gasteiger partial charge in [-0.2, -0.15) is 0 Å². The lowest BCUT2D eigenvalue weighted by Gasteiger charge is -2.03. The van der Waals surface area contributed by atoms with Crippen molar-refractivity contribution in [3.8, 4) is 0 Å². The Morgan fingerprint density at radius 2 is 1.93 bits per heavy atom. The first-order valence-corrected chi connectivity index (χ1v) is 4.96. The molecule has 0 unspecified atom stereocenters. The van der Waals surface area contributed by atoms with Gasteiger partial charge in [0.05, 0.1) is 5.52 Å². The number of benzene rings is 1. The third-order valence-electron chi connectivity index (χ3n) is 2.02. The molecule has 2 nitrogen and oxygen atoms in total. The summed E-state index contributed by atoms with van der Waals surface area (Å²) in [6.07, 6.45) is 1.67. The van der Waals surface area contributed by atoms with E-state index in [2.05, 4.69) is 0 Å². The number of hydrogen-bond donors (Lipinski definition) is 0. The summed E-state index contributed by atoms with van der Waals surface area (Å²) in [6, 6.07) is 9.41. The van der Waals surface area contributed by atoms with E-state index in [4.69, 9.17) is 23.2 Å². The van der Waals surface area contributed by atoms with Gasteiger partial charge in [-0.1, -0.05) is 41.4 Å². The second-order valence-corrected chi connectivity index (χ2v) is 3.98. The van der Waals surface area contributed by atoms with Gasteiger partial charge in [-0.3, -0.25) is 9.36 Å². The van der Waals surface area contributed by atoms with Gasteiger partial charge in [-0.15, -0.1) is 0 Å². The van der Waals surface area contributed by atoms with Crippen LogP contribution in [0.2, 0.25) is 0 Å². The number of alkyl halides is 2. The highest BCUT2D eigenvalue weighted by Gasteiger charge is 2.15. The van der Waals surface area contributed by atoms with Gasteiger partial charge in [0.2, 0.25) is 0 Å². The Bertz CT molecular complexity index is 476. The van der Waals surface area contributed by atoms with Gasteiger partial charge in [0.15, 0.2) is 4.84 Å². The minimum Gasteiger partial charge on any atom is -0.285 e. The van der Waals surface area contributed by atoms with E-state index >= 15 is 0 Å². The van der Waals surface area contributed by atoms with Crippen molar-refractivity contribution in [2.45, 2.75) is 4.84 Å². The zero-order valence-corrected chi connectivity index (χ0v) is 8.66. The normalized spacial score (nSPS) is 11.1. The Labute approximate surface area is 91.0 Å². The zero-order valence-electron chi connectivity index (χ0n) is 7.15. The number of carbonyl (C=O) groups excluding carboxylic acids is 1. The molecule has 0 amide bonds. The molecule has 72 valence electrons. The van der Waals surface area contributed by atoms with Crippen LogP contribution in [0.3, 0.4) is 0 Å². The fourth-order valence-electron chi connectivity index (χ4n) is 1.38. The highest BCUT2D eigenvalue weighted by molar-refractivity contribution is 6.53. The lowest BCUT2D eigenvalue weighted by Crippen LogP contribution is -2.16. The summed E-state index contributed by atoms with van der Waals surface area (Å²) in [5.41, 5.74) is 0.823. The third-order valence-corrected chi connectivity index (χ3v) is 2.40. The quantitative estimate of drug-likeness (QED) is 0.687. The molecule has 0 aliphatic carbocycles.